The minimum absolute atomic E-state index is 0.878. The summed E-state index contributed by atoms with van der Waals surface area (Å²) in [5.74, 6) is 0. The van der Waals surface area contributed by atoms with Gasteiger partial charge in [0.25, 0.3) is 0 Å². The van der Waals surface area contributed by atoms with Gasteiger partial charge >= 0.3 is 0 Å². The molecule has 2 aromatic rings. The predicted molar refractivity (Wildman–Crippen MR) is 86.1 cm³/mol. The summed E-state index contributed by atoms with van der Waals surface area (Å²) in [6, 6.07) is 13.2. The maximum Gasteiger partial charge on any atom is 0.0429 e. The molecule has 0 unspecified atom stereocenters. The predicted octanol–water partition coefficient (Wildman–Crippen LogP) is 3.84. The first kappa shape index (κ1) is 13.0. The summed E-state index contributed by atoms with van der Waals surface area (Å²) in [6.07, 6.45) is 2.44. The van der Waals surface area contributed by atoms with Crippen molar-refractivity contribution in [2.45, 2.75) is 33.2 Å². The number of nitrogen functional groups attached to an aromatic ring is 1. The summed E-state index contributed by atoms with van der Waals surface area (Å²) < 4.78 is 0. The van der Waals surface area contributed by atoms with E-state index < -0.39 is 0 Å². The third-order valence-corrected chi connectivity index (χ3v) is 4.16. The van der Waals surface area contributed by atoms with Crippen LogP contribution >= 0.6 is 0 Å². The van der Waals surface area contributed by atoms with E-state index in [9.17, 15) is 0 Å². The Balaban J connectivity index is 1.87. The lowest BCUT2D eigenvalue weighted by Crippen LogP contribution is -2.28. The van der Waals surface area contributed by atoms with Gasteiger partial charge in [-0.1, -0.05) is 29.8 Å². The van der Waals surface area contributed by atoms with Crippen LogP contribution in [0.2, 0.25) is 0 Å². The molecule has 3 rings (SSSR count). The van der Waals surface area contributed by atoms with Crippen LogP contribution in [0.4, 0.5) is 11.4 Å². The smallest absolute Gasteiger partial charge is 0.0429 e. The molecule has 20 heavy (non-hydrogen) atoms. The molecule has 0 aliphatic carbocycles. The van der Waals surface area contributed by atoms with Crippen LogP contribution in [0.25, 0.3) is 0 Å². The third kappa shape index (κ3) is 2.51. The number of nitrogens with zero attached hydrogens (tertiary/aromatic N) is 1. The molecule has 0 atom stereocenters. The Labute approximate surface area is 121 Å². The molecule has 0 fully saturated rings. The Morgan fingerprint density at radius 1 is 1.10 bits per heavy atom. The van der Waals surface area contributed by atoms with Gasteiger partial charge in [0.1, 0.15) is 0 Å². The van der Waals surface area contributed by atoms with Crippen LogP contribution in [0.5, 0.6) is 0 Å². The molecule has 2 nitrogen and oxygen atoms in total. The van der Waals surface area contributed by atoms with Gasteiger partial charge in [-0.2, -0.15) is 0 Å². The molecule has 2 aromatic carbocycles. The molecule has 1 aliphatic heterocycles. The Hall–Kier alpha value is -1.96. The first-order valence-electron chi connectivity index (χ1n) is 7.33. The quantitative estimate of drug-likeness (QED) is 0.837. The van der Waals surface area contributed by atoms with Crippen molar-refractivity contribution in [1.29, 1.82) is 0 Å². The summed E-state index contributed by atoms with van der Waals surface area (Å²) in [5, 5.41) is 0. The SMILES string of the molecule is Cc1ccc2c(c1)CCCN2Cc1ccc(N)c(C)c1. The standard InChI is InChI=1S/C18H22N2/c1-13-5-8-18-16(10-13)4-3-9-20(18)12-15-6-7-17(19)14(2)11-15/h5-8,10-11H,3-4,9,12,19H2,1-2H3. The van der Waals surface area contributed by atoms with Gasteiger partial charge in [0, 0.05) is 24.5 Å². The van der Waals surface area contributed by atoms with Crippen molar-refractivity contribution in [3.63, 3.8) is 0 Å². The highest BCUT2D eigenvalue weighted by atomic mass is 15.1. The van der Waals surface area contributed by atoms with Gasteiger partial charge in [0.15, 0.2) is 0 Å². The maximum absolute atomic E-state index is 5.90. The Bertz CT molecular complexity index is 631. The molecule has 0 saturated carbocycles. The molecule has 0 bridgehead atoms. The second-order valence-corrected chi connectivity index (χ2v) is 5.85. The minimum atomic E-state index is 0.878. The lowest BCUT2D eigenvalue weighted by Gasteiger charge is -2.31. The zero-order valence-corrected chi connectivity index (χ0v) is 12.3. The summed E-state index contributed by atoms with van der Waals surface area (Å²) in [4.78, 5) is 2.49. The molecule has 1 heterocycles. The highest BCUT2D eigenvalue weighted by Gasteiger charge is 2.16. The molecule has 2 heteroatoms. The number of benzene rings is 2. The number of anilines is 2. The van der Waals surface area contributed by atoms with Gasteiger partial charge in [-0.15, -0.1) is 0 Å². The second kappa shape index (κ2) is 5.20. The lowest BCUT2D eigenvalue weighted by atomic mass is 9.99. The van der Waals surface area contributed by atoms with E-state index in [0.29, 0.717) is 0 Å². The van der Waals surface area contributed by atoms with Crippen molar-refractivity contribution in [2.75, 3.05) is 17.2 Å². The van der Waals surface area contributed by atoms with Crippen LogP contribution in [-0.2, 0) is 13.0 Å². The van der Waals surface area contributed by atoms with Crippen LogP contribution in [0, 0.1) is 13.8 Å². The van der Waals surface area contributed by atoms with E-state index in [0.717, 1.165) is 18.8 Å². The first-order chi connectivity index (χ1) is 9.63. The van der Waals surface area contributed by atoms with Gasteiger partial charge < -0.3 is 10.6 Å². The van der Waals surface area contributed by atoms with E-state index in [1.807, 2.05) is 6.07 Å². The topological polar surface area (TPSA) is 29.3 Å². The average molecular weight is 266 g/mol. The van der Waals surface area contributed by atoms with Crippen LogP contribution in [0.15, 0.2) is 36.4 Å². The maximum atomic E-state index is 5.90. The van der Waals surface area contributed by atoms with Crippen LogP contribution in [0.1, 0.15) is 28.7 Å². The fraction of sp³-hybridized carbons (Fsp3) is 0.333. The van der Waals surface area contributed by atoms with Crippen LogP contribution in [0.3, 0.4) is 0 Å². The van der Waals surface area contributed by atoms with E-state index in [2.05, 4.69) is 49.1 Å². The Morgan fingerprint density at radius 2 is 1.95 bits per heavy atom. The average Bonchev–Trinajstić information content (AvgIpc) is 2.43. The van der Waals surface area contributed by atoms with Gasteiger partial charge in [-0.25, -0.2) is 0 Å². The third-order valence-electron chi connectivity index (χ3n) is 4.16. The summed E-state index contributed by atoms with van der Waals surface area (Å²) in [7, 11) is 0. The zero-order valence-electron chi connectivity index (χ0n) is 12.3. The fourth-order valence-corrected chi connectivity index (χ4v) is 3.02. The fourth-order valence-electron chi connectivity index (χ4n) is 3.02. The van der Waals surface area contributed by atoms with Gasteiger partial charge in [0.2, 0.25) is 0 Å². The molecule has 2 N–H and O–H groups in total. The number of rotatable bonds is 2. The van der Waals surface area contributed by atoms with Crippen molar-refractivity contribution >= 4 is 11.4 Å². The van der Waals surface area contributed by atoms with Crippen LogP contribution < -0.4 is 10.6 Å². The summed E-state index contributed by atoms with van der Waals surface area (Å²) in [5.41, 5.74) is 13.5. The van der Waals surface area contributed by atoms with Gasteiger partial charge in [0.05, 0.1) is 0 Å². The van der Waals surface area contributed by atoms with Crippen molar-refractivity contribution in [3.05, 3.63) is 58.7 Å². The largest absolute Gasteiger partial charge is 0.399 e. The number of nitrogens with two attached hydrogens (primary N) is 1. The first-order valence-corrected chi connectivity index (χ1v) is 7.33. The normalized spacial score (nSPS) is 14.2. The monoisotopic (exact) mass is 266 g/mol. The van der Waals surface area contributed by atoms with Crippen molar-refractivity contribution in [3.8, 4) is 0 Å². The molecule has 0 spiro atoms. The molecule has 1 aliphatic rings. The van der Waals surface area contributed by atoms with Crippen molar-refractivity contribution < 1.29 is 0 Å². The number of fused-ring (bicyclic) bond motifs is 1. The lowest BCUT2D eigenvalue weighted by molar-refractivity contribution is 0.690. The second-order valence-electron chi connectivity index (χ2n) is 5.85. The van der Waals surface area contributed by atoms with E-state index in [-0.39, 0.29) is 0 Å². The minimum Gasteiger partial charge on any atom is -0.399 e. The molecule has 0 amide bonds. The Kier molecular flexibility index (Phi) is 3.39. The zero-order chi connectivity index (χ0) is 14.1. The molecule has 104 valence electrons. The molecular weight excluding hydrogens is 244 g/mol. The highest BCUT2D eigenvalue weighted by Crippen LogP contribution is 2.29. The molecule has 0 saturated heterocycles. The molecule has 0 aromatic heterocycles. The van der Waals surface area contributed by atoms with E-state index in [1.54, 1.807) is 0 Å². The molecule has 0 radical (unpaired) electrons. The summed E-state index contributed by atoms with van der Waals surface area (Å²) in [6.45, 7) is 6.35. The van der Waals surface area contributed by atoms with E-state index >= 15 is 0 Å². The number of hydrogen-bond acceptors (Lipinski definition) is 2. The number of aryl methyl sites for hydroxylation is 3. The van der Waals surface area contributed by atoms with Crippen molar-refractivity contribution in [1.82, 2.24) is 0 Å². The van der Waals surface area contributed by atoms with Crippen LogP contribution in [-0.4, -0.2) is 6.54 Å². The Morgan fingerprint density at radius 3 is 2.75 bits per heavy atom. The van der Waals surface area contributed by atoms with Gasteiger partial charge in [-0.05, 0) is 55.5 Å². The van der Waals surface area contributed by atoms with E-state index in [4.69, 9.17) is 5.73 Å². The highest BCUT2D eigenvalue weighted by molar-refractivity contribution is 5.57. The summed E-state index contributed by atoms with van der Waals surface area (Å²) >= 11 is 0. The van der Waals surface area contributed by atoms with E-state index in [1.165, 1.54) is 40.8 Å². The van der Waals surface area contributed by atoms with Gasteiger partial charge in [-0.3, -0.25) is 0 Å². The van der Waals surface area contributed by atoms with Crippen molar-refractivity contribution in [2.24, 2.45) is 0 Å². The molecular formula is C18H22N2. The number of hydrogen-bond donors (Lipinski definition) is 1.